The Morgan fingerprint density at radius 2 is 2.19 bits per heavy atom. The molecule has 3 rings (SSSR count). The van der Waals surface area contributed by atoms with Gasteiger partial charge in [-0.25, -0.2) is 0 Å². The van der Waals surface area contributed by atoms with Crippen LogP contribution in [0.1, 0.15) is 24.0 Å². The number of hydrogen-bond donors (Lipinski definition) is 1. The Morgan fingerprint density at radius 3 is 2.94 bits per heavy atom. The summed E-state index contributed by atoms with van der Waals surface area (Å²) in [6.45, 7) is 0.807. The summed E-state index contributed by atoms with van der Waals surface area (Å²) in [6, 6.07) is 4.64. The summed E-state index contributed by atoms with van der Waals surface area (Å²) in [5.74, 6) is 1.07. The van der Waals surface area contributed by atoms with Gasteiger partial charge in [-0.3, -0.25) is 0 Å². The van der Waals surface area contributed by atoms with Crippen LogP contribution in [-0.4, -0.2) is 12.6 Å². The van der Waals surface area contributed by atoms with Crippen LogP contribution in [-0.2, 0) is 6.42 Å². The molecule has 1 fully saturated rings. The SMILES string of the molecule is NC1CC(=Cc2cc(Br)cc3c2OCC3)C1. The Hall–Kier alpha value is -0.800. The highest BCUT2D eigenvalue weighted by atomic mass is 79.9. The molecule has 16 heavy (non-hydrogen) atoms. The van der Waals surface area contributed by atoms with E-state index in [9.17, 15) is 0 Å². The van der Waals surface area contributed by atoms with E-state index >= 15 is 0 Å². The smallest absolute Gasteiger partial charge is 0.129 e. The van der Waals surface area contributed by atoms with Gasteiger partial charge in [0.2, 0.25) is 0 Å². The van der Waals surface area contributed by atoms with Crippen molar-refractivity contribution in [3.63, 3.8) is 0 Å². The van der Waals surface area contributed by atoms with Crippen molar-refractivity contribution >= 4 is 22.0 Å². The fourth-order valence-corrected chi connectivity index (χ4v) is 2.88. The summed E-state index contributed by atoms with van der Waals surface area (Å²) >= 11 is 3.55. The van der Waals surface area contributed by atoms with Crippen molar-refractivity contribution in [1.82, 2.24) is 0 Å². The Labute approximate surface area is 104 Å². The lowest BCUT2D eigenvalue weighted by Crippen LogP contribution is -2.29. The van der Waals surface area contributed by atoms with Gasteiger partial charge in [-0.1, -0.05) is 27.6 Å². The predicted octanol–water partition coefficient (Wildman–Crippen LogP) is 2.89. The Morgan fingerprint density at radius 1 is 1.38 bits per heavy atom. The minimum absolute atomic E-state index is 0.368. The zero-order chi connectivity index (χ0) is 11.1. The van der Waals surface area contributed by atoms with Gasteiger partial charge in [0.15, 0.2) is 0 Å². The normalized spacial score (nSPS) is 22.4. The van der Waals surface area contributed by atoms with Crippen LogP contribution >= 0.6 is 15.9 Å². The maximum atomic E-state index is 5.78. The highest BCUT2D eigenvalue weighted by Crippen LogP contribution is 2.36. The summed E-state index contributed by atoms with van der Waals surface area (Å²) in [5, 5.41) is 0. The molecule has 84 valence electrons. The Bertz CT molecular complexity index is 459. The minimum Gasteiger partial charge on any atom is -0.492 e. The maximum Gasteiger partial charge on any atom is 0.129 e. The molecule has 0 unspecified atom stereocenters. The molecule has 1 heterocycles. The molecule has 0 aromatic heterocycles. The van der Waals surface area contributed by atoms with Crippen molar-refractivity contribution in [2.75, 3.05) is 6.61 Å². The number of ether oxygens (including phenoxy) is 1. The van der Waals surface area contributed by atoms with Gasteiger partial charge in [0, 0.05) is 22.5 Å². The highest BCUT2D eigenvalue weighted by molar-refractivity contribution is 9.10. The van der Waals surface area contributed by atoms with Crippen LogP contribution < -0.4 is 10.5 Å². The lowest BCUT2D eigenvalue weighted by molar-refractivity contribution is 0.356. The third-order valence-corrected chi connectivity index (χ3v) is 3.64. The summed E-state index contributed by atoms with van der Waals surface area (Å²) in [7, 11) is 0. The van der Waals surface area contributed by atoms with E-state index < -0.39 is 0 Å². The van der Waals surface area contributed by atoms with Crippen molar-refractivity contribution in [1.29, 1.82) is 0 Å². The first-order valence-electron chi connectivity index (χ1n) is 5.62. The number of benzene rings is 1. The molecule has 1 aromatic rings. The molecule has 0 spiro atoms. The number of nitrogens with two attached hydrogens (primary N) is 1. The second-order valence-electron chi connectivity index (χ2n) is 4.55. The molecule has 2 nitrogen and oxygen atoms in total. The van der Waals surface area contributed by atoms with E-state index in [1.807, 2.05) is 0 Å². The fourth-order valence-electron chi connectivity index (χ4n) is 2.36. The van der Waals surface area contributed by atoms with Crippen molar-refractivity contribution in [3.05, 3.63) is 33.3 Å². The third kappa shape index (κ3) is 1.78. The van der Waals surface area contributed by atoms with Crippen molar-refractivity contribution in [3.8, 4) is 5.75 Å². The minimum atomic E-state index is 0.368. The zero-order valence-corrected chi connectivity index (χ0v) is 10.6. The zero-order valence-electron chi connectivity index (χ0n) is 9.00. The summed E-state index contributed by atoms with van der Waals surface area (Å²) < 4.78 is 6.82. The second-order valence-corrected chi connectivity index (χ2v) is 5.47. The van der Waals surface area contributed by atoms with Gasteiger partial charge in [0.25, 0.3) is 0 Å². The number of rotatable bonds is 1. The van der Waals surface area contributed by atoms with Gasteiger partial charge in [0.1, 0.15) is 5.75 Å². The largest absolute Gasteiger partial charge is 0.492 e. The van der Waals surface area contributed by atoms with Crippen LogP contribution in [0.15, 0.2) is 22.2 Å². The van der Waals surface area contributed by atoms with Crippen LogP contribution in [0.5, 0.6) is 5.75 Å². The van der Waals surface area contributed by atoms with Crippen molar-refractivity contribution < 1.29 is 4.74 Å². The van der Waals surface area contributed by atoms with E-state index in [1.54, 1.807) is 0 Å². The molecule has 0 saturated heterocycles. The van der Waals surface area contributed by atoms with Gasteiger partial charge in [-0.05, 0) is 30.5 Å². The first-order chi connectivity index (χ1) is 7.72. The van der Waals surface area contributed by atoms with Gasteiger partial charge in [0.05, 0.1) is 6.61 Å². The maximum absolute atomic E-state index is 5.78. The van der Waals surface area contributed by atoms with E-state index in [1.165, 1.54) is 16.7 Å². The average Bonchev–Trinajstić information content (AvgIpc) is 2.62. The van der Waals surface area contributed by atoms with Crippen LogP contribution in [0.4, 0.5) is 0 Å². The van der Waals surface area contributed by atoms with Crippen LogP contribution in [0.25, 0.3) is 6.08 Å². The Balaban J connectivity index is 1.98. The predicted molar refractivity (Wildman–Crippen MR) is 68.5 cm³/mol. The first kappa shape index (κ1) is 10.4. The third-order valence-electron chi connectivity index (χ3n) is 3.19. The topological polar surface area (TPSA) is 35.2 Å². The molecular weight excluding hydrogens is 266 g/mol. The van der Waals surface area contributed by atoms with E-state index in [4.69, 9.17) is 10.5 Å². The van der Waals surface area contributed by atoms with Gasteiger partial charge in [-0.2, -0.15) is 0 Å². The lowest BCUT2D eigenvalue weighted by atomic mass is 9.85. The monoisotopic (exact) mass is 279 g/mol. The first-order valence-corrected chi connectivity index (χ1v) is 6.42. The molecular formula is C13H14BrNO. The number of halogens is 1. The van der Waals surface area contributed by atoms with Gasteiger partial charge >= 0.3 is 0 Å². The lowest BCUT2D eigenvalue weighted by Gasteiger charge is -2.25. The molecule has 1 aliphatic carbocycles. The van der Waals surface area contributed by atoms with E-state index in [0.717, 1.165) is 36.1 Å². The summed E-state index contributed by atoms with van der Waals surface area (Å²) in [4.78, 5) is 0. The molecule has 0 radical (unpaired) electrons. The summed E-state index contributed by atoms with van der Waals surface area (Å²) in [6.07, 6.45) is 5.31. The van der Waals surface area contributed by atoms with Crippen LogP contribution in [0.3, 0.4) is 0 Å². The molecule has 1 saturated carbocycles. The fraction of sp³-hybridized carbons (Fsp3) is 0.385. The molecule has 0 bridgehead atoms. The average molecular weight is 280 g/mol. The van der Waals surface area contributed by atoms with E-state index in [-0.39, 0.29) is 0 Å². The number of hydrogen-bond acceptors (Lipinski definition) is 2. The summed E-state index contributed by atoms with van der Waals surface area (Å²) in [5.41, 5.74) is 9.73. The molecule has 1 aliphatic heterocycles. The molecule has 2 aliphatic rings. The van der Waals surface area contributed by atoms with Gasteiger partial charge in [-0.15, -0.1) is 0 Å². The Kier molecular flexibility index (Phi) is 2.52. The van der Waals surface area contributed by atoms with E-state index in [2.05, 4.69) is 34.1 Å². The highest BCUT2D eigenvalue weighted by Gasteiger charge is 2.21. The van der Waals surface area contributed by atoms with Crippen LogP contribution in [0, 0.1) is 0 Å². The standard InChI is InChI=1S/C13H14BrNO/c14-11-6-9-1-2-16-13(9)10(7-11)3-8-4-12(15)5-8/h3,6-7,12H,1-2,4-5,15H2. The quantitative estimate of drug-likeness (QED) is 0.858. The van der Waals surface area contributed by atoms with Gasteiger partial charge < -0.3 is 10.5 Å². The van der Waals surface area contributed by atoms with Crippen LogP contribution in [0.2, 0.25) is 0 Å². The van der Waals surface area contributed by atoms with E-state index in [0.29, 0.717) is 6.04 Å². The molecule has 0 amide bonds. The van der Waals surface area contributed by atoms with Crippen molar-refractivity contribution in [2.45, 2.75) is 25.3 Å². The van der Waals surface area contributed by atoms with Crippen molar-refractivity contribution in [2.24, 2.45) is 5.73 Å². The molecule has 3 heteroatoms. The molecule has 0 atom stereocenters. The molecule has 1 aromatic carbocycles. The second kappa shape index (κ2) is 3.90. The molecule has 2 N–H and O–H groups in total. The number of fused-ring (bicyclic) bond motifs is 1.